The number of carbonyl (C=O) groups is 2. The summed E-state index contributed by atoms with van der Waals surface area (Å²) in [5.41, 5.74) is -0.246. The van der Waals surface area contributed by atoms with Gasteiger partial charge in [-0.15, -0.1) is 0 Å². The third kappa shape index (κ3) is 3.82. The molecule has 164 valence electrons. The number of amides is 2. The van der Waals surface area contributed by atoms with E-state index >= 15 is 0 Å². The van der Waals surface area contributed by atoms with Crippen LogP contribution in [0, 0.1) is 11.6 Å². The van der Waals surface area contributed by atoms with Crippen molar-refractivity contribution in [1.82, 2.24) is 9.80 Å². The number of hydrogen-bond donors (Lipinski definition) is 0. The summed E-state index contributed by atoms with van der Waals surface area (Å²) in [6.45, 7) is 6.61. The minimum Gasteiger partial charge on any atom is -0.342 e. The Morgan fingerprint density at radius 2 is 1.97 bits per heavy atom. The van der Waals surface area contributed by atoms with Gasteiger partial charge in [-0.05, 0) is 37.5 Å². The zero-order valence-electron chi connectivity index (χ0n) is 17.5. The second kappa shape index (κ2) is 8.38. The Morgan fingerprint density at radius 1 is 1.23 bits per heavy atom. The number of allylic oxidation sites excluding steroid dienone is 3. The highest BCUT2D eigenvalue weighted by molar-refractivity contribution is 5.95. The lowest BCUT2D eigenvalue weighted by molar-refractivity contribution is -0.142. The van der Waals surface area contributed by atoms with Crippen molar-refractivity contribution >= 4 is 11.8 Å². The zero-order chi connectivity index (χ0) is 22.2. The Bertz CT molecular complexity index is 964. The fourth-order valence-electron chi connectivity index (χ4n) is 4.71. The molecule has 3 heterocycles. The van der Waals surface area contributed by atoms with Crippen molar-refractivity contribution in [3.8, 4) is 0 Å². The average Bonchev–Trinajstić information content (AvgIpc) is 3.27. The van der Waals surface area contributed by atoms with E-state index in [-0.39, 0.29) is 36.8 Å². The third-order valence-corrected chi connectivity index (χ3v) is 6.38. The number of fused-ring (bicyclic) bond motifs is 1. The normalized spacial score (nSPS) is 25.2. The first-order chi connectivity index (χ1) is 14.9. The first-order valence-corrected chi connectivity index (χ1v) is 10.6. The molecule has 0 radical (unpaired) electrons. The summed E-state index contributed by atoms with van der Waals surface area (Å²) in [5, 5.41) is 0. The van der Waals surface area contributed by atoms with Gasteiger partial charge in [0.1, 0.15) is 17.9 Å². The second-order valence-corrected chi connectivity index (χ2v) is 8.25. The van der Waals surface area contributed by atoms with Gasteiger partial charge in [0.25, 0.3) is 11.8 Å². The molecule has 0 saturated carbocycles. The van der Waals surface area contributed by atoms with Crippen LogP contribution in [0.1, 0.15) is 43.0 Å². The fourth-order valence-corrected chi connectivity index (χ4v) is 4.71. The maximum atomic E-state index is 14.0. The van der Waals surface area contributed by atoms with Gasteiger partial charge in [-0.25, -0.2) is 8.78 Å². The molecule has 3 fully saturated rings. The summed E-state index contributed by atoms with van der Waals surface area (Å²) >= 11 is 0. The molecule has 0 aromatic heterocycles. The highest BCUT2D eigenvalue weighted by atomic mass is 19.1. The molecule has 31 heavy (non-hydrogen) atoms. The summed E-state index contributed by atoms with van der Waals surface area (Å²) in [4.78, 5) is 29.3. The average molecular weight is 428 g/mol. The molecule has 3 aliphatic heterocycles. The van der Waals surface area contributed by atoms with Crippen molar-refractivity contribution in [1.29, 1.82) is 0 Å². The number of halogens is 2. The lowest BCUT2D eigenvalue weighted by Crippen LogP contribution is -2.52. The molecule has 3 aliphatic rings. The molecule has 3 saturated heterocycles. The maximum absolute atomic E-state index is 14.0. The fraction of sp³-hybridized carbons (Fsp3) is 0.417. The van der Waals surface area contributed by atoms with Crippen molar-refractivity contribution in [2.75, 3.05) is 13.1 Å². The van der Waals surface area contributed by atoms with Crippen molar-refractivity contribution in [2.24, 2.45) is 0 Å². The molecule has 0 bridgehead atoms. The van der Waals surface area contributed by atoms with Crippen LogP contribution in [0.5, 0.6) is 0 Å². The molecular formula is C24H26F2N2O3. The Kier molecular flexibility index (Phi) is 5.79. The zero-order valence-corrected chi connectivity index (χ0v) is 17.5. The second-order valence-electron chi connectivity index (χ2n) is 8.25. The first-order valence-electron chi connectivity index (χ1n) is 10.6. The van der Waals surface area contributed by atoms with E-state index in [2.05, 4.69) is 6.58 Å². The molecule has 5 nitrogen and oxygen atoms in total. The van der Waals surface area contributed by atoms with E-state index in [1.807, 2.05) is 31.2 Å². The minimum atomic E-state index is -0.950. The molecule has 0 unspecified atom stereocenters. The molecule has 2 atom stereocenters. The number of rotatable bonds is 4. The summed E-state index contributed by atoms with van der Waals surface area (Å²) < 4.78 is 33.4. The molecule has 0 N–H and O–H groups in total. The molecule has 4 rings (SSSR count). The lowest BCUT2D eigenvalue weighted by atomic mass is 9.89. The van der Waals surface area contributed by atoms with Crippen LogP contribution in [-0.2, 0) is 9.53 Å². The number of hydrogen-bond acceptors (Lipinski definition) is 3. The highest BCUT2D eigenvalue weighted by Gasteiger charge is 2.58. The Balaban J connectivity index is 1.44. The molecule has 2 amide bonds. The summed E-state index contributed by atoms with van der Waals surface area (Å²) in [7, 11) is 0. The van der Waals surface area contributed by atoms with Crippen LogP contribution in [0.25, 0.3) is 0 Å². The van der Waals surface area contributed by atoms with E-state index in [1.54, 1.807) is 4.90 Å². The van der Waals surface area contributed by atoms with Gasteiger partial charge in [-0.3, -0.25) is 9.59 Å². The summed E-state index contributed by atoms with van der Waals surface area (Å²) in [6, 6.07) is 2.83. The van der Waals surface area contributed by atoms with E-state index in [0.717, 1.165) is 30.5 Å². The molecular weight excluding hydrogens is 402 g/mol. The Hall–Kier alpha value is -2.80. The molecule has 1 aromatic rings. The van der Waals surface area contributed by atoms with Crippen LogP contribution in [-0.4, -0.2) is 52.6 Å². The van der Waals surface area contributed by atoms with Gasteiger partial charge in [0.15, 0.2) is 5.60 Å². The number of carbonyl (C=O) groups excluding carboxylic acids is 2. The first kappa shape index (κ1) is 21.4. The van der Waals surface area contributed by atoms with E-state index in [1.165, 1.54) is 4.90 Å². The smallest absolute Gasteiger partial charge is 0.257 e. The van der Waals surface area contributed by atoms with Crippen LogP contribution in [0.4, 0.5) is 8.78 Å². The lowest BCUT2D eigenvalue weighted by Gasteiger charge is -2.37. The van der Waals surface area contributed by atoms with Crippen molar-refractivity contribution in [2.45, 2.75) is 50.5 Å². The largest absolute Gasteiger partial charge is 0.342 e. The number of ether oxygens (including phenoxy) is 1. The van der Waals surface area contributed by atoms with Gasteiger partial charge in [0.05, 0.1) is 11.6 Å². The summed E-state index contributed by atoms with van der Waals surface area (Å²) in [6.07, 6.45) is 9.64. The topological polar surface area (TPSA) is 49.9 Å². The molecule has 1 spiro atoms. The van der Waals surface area contributed by atoms with Gasteiger partial charge in [-0.2, -0.15) is 0 Å². The molecule has 7 heteroatoms. The number of benzene rings is 1. The quantitative estimate of drug-likeness (QED) is 0.682. The van der Waals surface area contributed by atoms with Crippen LogP contribution < -0.4 is 0 Å². The van der Waals surface area contributed by atoms with E-state index < -0.39 is 23.1 Å². The third-order valence-electron chi connectivity index (χ3n) is 6.38. The Labute approximate surface area is 180 Å². The van der Waals surface area contributed by atoms with E-state index in [4.69, 9.17) is 4.74 Å². The van der Waals surface area contributed by atoms with Crippen molar-refractivity contribution in [3.05, 3.63) is 71.9 Å². The molecule has 1 aromatic carbocycles. The predicted octanol–water partition coefficient (Wildman–Crippen LogP) is 3.98. The van der Waals surface area contributed by atoms with Gasteiger partial charge in [0, 0.05) is 32.0 Å². The highest BCUT2D eigenvalue weighted by Crippen LogP contribution is 2.44. The maximum Gasteiger partial charge on any atom is 0.257 e. The number of piperidine rings is 1. The standard InChI is InChI=1S/C24H26F2N2O3/c1-3-4-5-6-16(2)20-9-10-21-28(20)23(30)24(31-21)11-13-27(14-12-24)22(29)18-8-7-17(25)15-19(18)26/h3-8,15,20-21H,2,9-14H2,1H3/b4-3-,6-5-/t20-,21+/m0/s1. The van der Waals surface area contributed by atoms with Gasteiger partial charge in [-0.1, -0.05) is 30.9 Å². The van der Waals surface area contributed by atoms with Crippen LogP contribution in [0.2, 0.25) is 0 Å². The predicted molar refractivity (Wildman–Crippen MR) is 112 cm³/mol. The monoisotopic (exact) mass is 428 g/mol. The van der Waals surface area contributed by atoms with Gasteiger partial charge in [0.2, 0.25) is 0 Å². The SMILES string of the molecule is C=C(/C=C\C=C/C)[C@@H]1CC[C@H]2OC3(CCN(C(=O)c4ccc(F)cc4F)CC3)C(=O)N21. The van der Waals surface area contributed by atoms with Crippen molar-refractivity contribution < 1.29 is 23.1 Å². The van der Waals surface area contributed by atoms with Gasteiger partial charge < -0.3 is 14.5 Å². The molecule has 0 aliphatic carbocycles. The van der Waals surface area contributed by atoms with E-state index in [0.29, 0.717) is 18.9 Å². The number of likely N-dealkylation sites (tertiary alicyclic amines) is 1. The van der Waals surface area contributed by atoms with Crippen molar-refractivity contribution in [3.63, 3.8) is 0 Å². The van der Waals surface area contributed by atoms with Crippen LogP contribution in [0.3, 0.4) is 0 Å². The summed E-state index contributed by atoms with van der Waals surface area (Å²) in [5.74, 6) is -2.17. The van der Waals surface area contributed by atoms with Crippen LogP contribution >= 0.6 is 0 Å². The van der Waals surface area contributed by atoms with Crippen LogP contribution in [0.15, 0.2) is 54.7 Å². The van der Waals surface area contributed by atoms with E-state index in [9.17, 15) is 18.4 Å². The Morgan fingerprint density at radius 3 is 2.65 bits per heavy atom. The number of nitrogens with zero attached hydrogens (tertiary/aromatic N) is 2. The van der Waals surface area contributed by atoms with Gasteiger partial charge >= 0.3 is 0 Å². The minimum absolute atomic E-state index is 0.0550.